The van der Waals surface area contributed by atoms with E-state index >= 15 is 0 Å². The second kappa shape index (κ2) is 7.93. The quantitative estimate of drug-likeness (QED) is 0.730. The molecule has 1 aliphatic rings. The molecule has 0 radical (unpaired) electrons. The molecule has 0 aliphatic carbocycles. The summed E-state index contributed by atoms with van der Waals surface area (Å²) in [6.45, 7) is 3.12. The Labute approximate surface area is 163 Å². The highest BCUT2D eigenvalue weighted by Crippen LogP contribution is 2.22. The number of fused-ring (bicyclic) bond motifs is 1. The summed E-state index contributed by atoms with van der Waals surface area (Å²) in [6, 6.07) is 12.1. The van der Waals surface area contributed by atoms with Gasteiger partial charge in [0.1, 0.15) is 11.3 Å². The topological polar surface area (TPSA) is 78.0 Å². The largest absolute Gasteiger partial charge is 0.468 e. The summed E-state index contributed by atoms with van der Waals surface area (Å²) in [6.07, 6.45) is 1.65. The molecule has 1 aromatic carbocycles. The minimum atomic E-state index is -0.0596. The van der Waals surface area contributed by atoms with Gasteiger partial charge in [-0.25, -0.2) is 4.79 Å². The van der Waals surface area contributed by atoms with Crippen LogP contribution in [-0.4, -0.2) is 67.6 Å². The Morgan fingerprint density at radius 2 is 1.96 bits per heavy atom. The number of amides is 2. The van der Waals surface area contributed by atoms with Crippen molar-refractivity contribution in [2.24, 2.45) is 0 Å². The van der Waals surface area contributed by atoms with E-state index in [9.17, 15) is 4.79 Å². The fourth-order valence-corrected chi connectivity index (χ4v) is 3.41. The van der Waals surface area contributed by atoms with E-state index in [0.717, 1.165) is 16.9 Å². The second-order valence-corrected chi connectivity index (χ2v) is 7.12. The van der Waals surface area contributed by atoms with Crippen molar-refractivity contribution in [1.82, 2.24) is 20.1 Å². The van der Waals surface area contributed by atoms with E-state index in [1.807, 2.05) is 60.3 Å². The highest BCUT2D eigenvalue weighted by atomic mass is 16.4. The summed E-state index contributed by atoms with van der Waals surface area (Å²) >= 11 is 0. The number of nitrogens with zero attached hydrogens (tertiary/aromatic N) is 4. The molecule has 1 aliphatic heterocycles. The standard InChI is InChI=1S/C20H25N5O3/c1-23(2)16(18-8-5-13-27-18)14-21-19(26)24-9-11-25(12-10-24)20-22-15-6-3-4-7-17(15)28-20/h3-8,13,16H,9-12,14H2,1-2H3,(H,21,26). The van der Waals surface area contributed by atoms with Crippen molar-refractivity contribution in [3.63, 3.8) is 0 Å². The third kappa shape index (κ3) is 3.82. The minimum Gasteiger partial charge on any atom is -0.468 e. The Morgan fingerprint density at radius 1 is 1.18 bits per heavy atom. The molecule has 0 spiro atoms. The van der Waals surface area contributed by atoms with Crippen LogP contribution in [-0.2, 0) is 0 Å². The summed E-state index contributed by atoms with van der Waals surface area (Å²) in [5, 5.41) is 3.03. The van der Waals surface area contributed by atoms with Crippen molar-refractivity contribution < 1.29 is 13.6 Å². The van der Waals surface area contributed by atoms with E-state index in [-0.39, 0.29) is 12.1 Å². The molecule has 8 nitrogen and oxygen atoms in total. The maximum atomic E-state index is 12.6. The van der Waals surface area contributed by atoms with Crippen LogP contribution in [0.3, 0.4) is 0 Å². The molecule has 1 atom stereocenters. The van der Waals surface area contributed by atoms with Gasteiger partial charge < -0.3 is 24.0 Å². The Hall–Kier alpha value is -3.00. The number of benzene rings is 1. The number of hydrogen-bond acceptors (Lipinski definition) is 6. The van der Waals surface area contributed by atoms with Crippen molar-refractivity contribution in [2.75, 3.05) is 51.7 Å². The third-order valence-corrected chi connectivity index (χ3v) is 5.06. The van der Waals surface area contributed by atoms with Crippen LogP contribution < -0.4 is 10.2 Å². The van der Waals surface area contributed by atoms with Gasteiger partial charge in [0, 0.05) is 32.7 Å². The molecule has 2 amide bonds. The molecule has 1 saturated heterocycles. The van der Waals surface area contributed by atoms with E-state index in [4.69, 9.17) is 8.83 Å². The molecule has 3 aromatic rings. The van der Waals surface area contributed by atoms with Gasteiger partial charge in [0.2, 0.25) is 0 Å². The minimum absolute atomic E-state index is 0.0000116. The second-order valence-electron chi connectivity index (χ2n) is 7.12. The Bertz CT molecular complexity index is 880. The van der Waals surface area contributed by atoms with E-state index in [1.54, 1.807) is 6.26 Å². The lowest BCUT2D eigenvalue weighted by atomic mass is 10.2. The summed E-state index contributed by atoms with van der Waals surface area (Å²) in [5.74, 6) is 0.839. The molecule has 0 bridgehead atoms. The van der Waals surface area contributed by atoms with Gasteiger partial charge in [-0.05, 0) is 38.4 Å². The number of rotatable bonds is 5. The summed E-state index contributed by atoms with van der Waals surface area (Å²) in [7, 11) is 3.94. The van der Waals surface area contributed by atoms with Crippen LogP contribution in [0.4, 0.5) is 10.8 Å². The first-order chi connectivity index (χ1) is 13.6. The maximum absolute atomic E-state index is 12.6. The molecule has 1 fully saturated rings. The highest BCUT2D eigenvalue weighted by Gasteiger charge is 2.25. The Kier molecular flexibility index (Phi) is 5.21. The normalized spacial score (nSPS) is 16.0. The molecule has 28 heavy (non-hydrogen) atoms. The first-order valence-electron chi connectivity index (χ1n) is 9.45. The van der Waals surface area contributed by atoms with Crippen molar-refractivity contribution in [1.29, 1.82) is 0 Å². The molecule has 3 heterocycles. The zero-order valence-corrected chi connectivity index (χ0v) is 16.2. The van der Waals surface area contributed by atoms with Gasteiger partial charge in [0.25, 0.3) is 6.01 Å². The van der Waals surface area contributed by atoms with E-state index in [0.29, 0.717) is 38.7 Å². The number of carbonyl (C=O) groups excluding carboxylic acids is 1. The first-order valence-corrected chi connectivity index (χ1v) is 9.45. The van der Waals surface area contributed by atoms with Crippen LogP contribution in [0.2, 0.25) is 0 Å². The molecule has 148 valence electrons. The fraction of sp³-hybridized carbons (Fsp3) is 0.400. The predicted molar refractivity (Wildman–Crippen MR) is 106 cm³/mol. The van der Waals surface area contributed by atoms with Crippen LogP contribution in [0.5, 0.6) is 0 Å². The van der Waals surface area contributed by atoms with Gasteiger partial charge in [-0.1, -0.05) is 12.1 Å². The van der Waals surface area contributed by atoms with Gasteiger partial charge >= 0.3 is 6.03 Å². The van der Waals surface area contributed by atoms with E-state index in [2.05, 4.69) is 15.2 Å². The molecule has 2 aromatic heterocycles. The SMILES string of the molecule is CN(C)C(CNC(=O)N1CCN(c2nc3ccccc3o2)CC1)c1ccco1. The lowest BCUT2D eigenvalue weighted by Crippen LogP contribution is -2.52. The van der Waals surface area contributed by atoms with Crippen LogP contribution in [0, 0.1) is 0 Å². The molecule has 1 unspecified atom stereocenters. The smallest absolute Gasteiger partial charge is 0.317 e. The van der Waals surface area contributed by atoms with Crippen LogP contribution >= 0.6 is 0 Å². The Morgan fingerprint density at radius 3 is 2.64 bits per heavy atom. The molecular formula is C20H25N5O3. The van der Waals surface area contributed by atoms with E-state index in [1.165, 1.54) is 0 Å². The summed E-state index contributed by atoms with van der Waals surface area (Å²) in [4.78, 5) is 23.1. The van der Waals surface area contributed by atoms with Crippen LogP contribution in [0.15, 0.2) is 51.5 Å². The average molecular weight is 383 g/mol. The first kappa shape index (κ1) is 18.4. The predicted octanol–water partition coefficient (Wildman–Crippen LogP) is 2.56. The zero-order chi connectivity index (χ0) is 19.5. The van der Waals surface area contributed by atoms with Gasteiger partial charge in [0.15, 0.2) is 5.58 Å². The Balaban J connectivity index is 1.31. The molecule has 8 heteroatoms. The molecule has 0 saturated carbocycles. The van der Waals surface area contributed by atoms with Crippen LogP contribution in [0.25, 0.3) is 11.1 Å². The number of piperazine rings is 1. The molecular weight excluding hydrogens is 358 g/mol. The number of hydrogen-bond donors (Lipinski definition) is 1. The van der Waals surface area contributed by atoms with Crippen molar-refractivity contribution in [3.05, 3.63) is 48.4 Å². The van der Waals surface area contributed by atoms with Gasteiger partial charge in [-0.2, -0.15) is 4.98 Å². The number of nitrogens with one attached hydrogen (secondary N) is 1. The van der Waals surface area contributed by atoms with Crippen molar-refractivity contribution in [3.8, 4) is 0 Å². The number of carbonyl (C=O) groups is 1. The maximum Gasteiger partial charge on any atom is 0.317 e. The number of aromatic nitrogens is 1. The van der Waals surface area contributed by atoms with Crippen LogP contribution in [0.1, 0.15) is 11.8 Å². The lowest BCUT2D eigenvalue weighted by molar-refractivity contribution is 0.185. The number of para-hydroxylation sites is 2. The lowest BCUT2D eigenvalue weighted by Gasteiger charge is -2.34. The number of urea groups is 1. The number of furan rings is 1. The molecule has 1 N–H and O–H groups in total. The van der Waals surface area contributed by atoms with Crippen molar-refractivity contribution in [2.45, 2.75) is 6.04 Å². The molecule has 4 rings (SSSR count). The average Bonchev–Trinajstić information content (AvgIpc) is 3.37. The number of likely N-dealkylation sites (N-methyl/N-ethyl adjacent to an activating group) is 1. The fourth-order valence-electron chi connectivity index (χ4n) is 3.41. The van der Waals surface area contributed by atoms with Gasteiger partial charge in [-0.15, -0.1) is 0 Å². The highest BCUT2D eigenvalue weighted by molar-refractivity contribution is 5.75. The number of oxazole rings is 1. The van der Waals surface area contributed by atoms with Gasteiger partial charge in [0.05, 0.1) is 12.3 Å². The van der Waals surface area contributed by atoms with E-state index < -0.39 is 0 Å². The number of anilines is 1. The third-order valence-electron chi connectivity index (χ3n) is 5.06. The van der Waals surface area contributed by atoms with Crippen molar-refractivity contribution >= 4 is 23.1 Å². The summed E-state index contributed by atoms with van der Waals surface area (Å²) < 4.78 is 11.3. The van der Waals surface area contributed by atoms with Gasteiger partial charge in [-0.3, -0.25) is 4.90 Å². The summed E-state index contributed by atoms with van der Waals surface area (Å²) in [5.41, 5.74) is 1.63. The monoisotopic (exact) mass is 383 g/mol. The zero-order valence-electron chi connectivity index (χ0n) is 16.2.